The molecule has 1 aliphatic rings. The van der Waals surface area contributed by atoms with Gasteiger partial charge in [0.2, 0.25) is 5.91 Å². The highest BCUT2D eigenvalue weighted by Crippen LogP contribution is 2.13. The zero-order chi connectivity index (χ0) is 16.8. The summed E-state index contributed by atoms with van der Waals surface area (Å²) in [5, 5.41) is 7.09. The largest absolute Gasteiger partial charge is 0.376 e. The van der Waals surface area contributed by atoms with Gasteiger partial charge in [-0.3, -0.25) is 4.79 Å². The van der Waals surface area contributed by atoms with Gasteiger partial charge >= 0.3 is 0 Å². The van der Waals surface area contributed by atoms with Gasteiger partial charge in [-0.1, -0.05) is 12.1 Å². The molecule has 0 radical (unpaired) electrons. The summed E-state index contributed by atoms with van der Waals surface area (Å²) in [6.07, 6.45) is 5.38. The van der Waals surface area contributed by atoms with Crippen molar-refractivity contribution in [2.24, 2.45) is 0 Å². The van der Waals surface area contributed by atoms with E-state index in [9.17, 15) is 4.79 Å². The number of aromatic nitrogens is 2. The maximum Gasteiger partial charge on any atom is 0.249 e. The van der Waals surface area contributed by atoms with Gasteiger partial charge in [-0.25, -0.2) is 4.68 Å². The number of rotatable bonds is 7. The van der Waals surface area contributed by atoms with E-state index in [2.05, 4.69) is 10.4 Å². The van der Waals surface area contributed by atoms with Crippen LogP contribution in [-0.2, 0) is 20.8 Å². The fourth-order valence-electron chi connectivity index (χ4n) is 2.62. The van der Waals surface area contributed by atoms with Crippen molar-refractivity contribution in [3.05, 3.63) is 48.3 Å². The molecular weight excluding hydrogens is 306 g/mol. The molecule has 3 rings (SSSR count). The Bertz CT molecular complexity index is 634. The van der Waals surface area contributed by atoms with Crippen LogP contribution in [0.4, 0.5) is 0 Å². The molecule has 1 amide bonds. The van der Waals surface area contributed by atoms with Gasteiger partial charge in [0, 0.05) is 25.5 Å². The van der Waals surface area contributed by atoms with Gasteiger partial charge in [0.25, 0.3) is 0 Å². The number of hydrogen-bond acceptors (Lipinski definition) is 4. The van der Waals surface area contributed by atoms with Gasteiger partial charge < -0.3 is 14.8 Å². The number of carbonyl (C=O) groups is 1. The second kappa shape index (κ2) is 8.08. The first-order chi connectivity index (χ1) is 11.7. The number of nitrogens with one attached hydrogen (secondary N) is 1. The minimum atomic E-state index is -0.474. The normalized spacial score (nSPS) is 18.5. The molecule has 2 aromatic rings. The first-order valence-corrected chi connectivity index (χ1v) is 8.32. The molecule has 1 aromatic carbocycles. The Morgan fingerprint density at radius 2 is 2.29 bits per heavy atom. The van der Waals surface area contributed by atoms with Gasteiger partial charge in [0.15, 0.2) is 0 Å². The van der Waals surface area contributed by atoms with Crippen molar-refractivity contribution in [3.63, 3.8) is 0 Å². The van der Waals surface area contributed by atoms with E-state index in [1.807, 2.05) is 36.5 Å². The maximum atomic E-state index is 12.1. The molecule has 6 heteroatoms. The van der Waals surface area contributed by atoms with Crippen LogP contribution in [-0.4, -0.2) is 41.1 Å². The summed E-state index contributed by atoms with van der Waals surface area (Å²) in [7, 11) is 0. The van der Waals surface area contributed by atoms with Crippen LogP contribution in [0.25, 0.3) is 5.69 Å². The van der Waals surface area contributed by atoms with Crippen molar-refractivity contribution in [2.75, 3.05) is 13.2 Å². The van der Waals surface area contributed by atoms with Crippen molar-refractivity contribution in [1.29, 1.82) is 0 Å². The van der Waals surface area contributed by atoms with E-state index >= 15 is 0 Å². The Labute approximate surface area is 141 Å². The third-order valence-electron chi connectivity index (χ3n) is 4.10. The highest BCUT2D eigenvalue weighted by Gasteiger charge is 2.19. The van der Waals surface area contributed by atoms with Crippen molar-refractivity contribution in [2.45, 2.75) is 38.5 Å². The topological polar surface area (TPSA) is 65.4 Å². The second-order valence-electron chi connectivity index (χ2n) is 5.95. The van der Waals surface area contributed by atoms with Crippen molar-refractivity contribution < 1.29 is 14.3 Å². The summed E-state index contributed by atoms with van der Waals surface area (Å²) < 4.78 is 12.9. The molecule has 0 aliphatic carbocycles. The lowest BCUT2D eigenvalue weighted by Crippen LogP contribution is -2.35. The van der Waals surface area contributed by atoms with E-state index in [4.69, 9.17) is 9.47 Å². The number of amides is 1. The SMILES string of the molecule is C[C@H](OC[C@H]1CCCO1)C(=O)NCc1ccc(-n2cccn2)cc1. The fourth-order valence-corrected chi connectivity index (χ4v) is 2.62. The molecule has 0 saturated carbocycles. The van der Waals surface area contributed by atoms with Crippen LogP contribution in [0.15, 0.2) is 42.7 Å². The zero-order valence-corrected chi connectivity index (χ0v) is 13.9. The average Bonchev–Trinajstić information content (AvgIpc) is 3.31. The maximum absolute atomic E-state index is 12.1. The Kier molecular flexibility index (Phi) is 5.61. The average molecular weight is 329 g/mol. The molecule has 1 N–H and O–H groups in total. The summed E-state index contributed by atoms with van der Waals surface area (Å²) in [6.45, 7) is 3.52. The van der Waals surface area contributed by atoms with Gasteiger partial charge in [-0.15, -0.1) is 0 Å². The monoisotopic (exact) mass is 329 g/mol. The summed E-state index contributed by atoms with van der Waals surface area (Å²) in [6, 6.07) is 9.80. The third kappa shape index (κ3) is 4.43. The zero-order valence-electron chi connectivity index (χ0n) is 13.9. The summed E-state index contributed by atoms with van der Waals surface area (Å²) in [5.41, 5.74) is 2.02. The smallest absolute Gasteiger partial charge is 0.249 e. The molecule has 1 aliphatic heterocycles. The fraction of sp³-hybridized carbons (Fsp3) is 0.444. The first kappa shape index (κ1) is 16.7. The standard InChI is InChI=1S/C18H23N3O3/c1-14(24-13-17-4-2-11-23-17)18(22)19-12-15-5-7-16(8-6-15)21-10-3-9-20-21/h3,5-10,14,17H,2,4,11-13H2,1H3,(H,19,22)/t14-,17+/m0/s1. The Balaban J connectivity index is 1.43. The van der Waals surface area contributed by atoms with Gasteiger partial charge in [-0.2, -0.15) is 5.10 Å². The van der Waals surface area contributed by atoms with Crippen LogP contribution in [0.5, 0.6) is 0 Å². The van der Waals surface area contributed by atoms with Crippen molar-refractivity contribution in [3.8, 4) is 5.69 Å². The van der Waals surface area contributed by atoms with E-state index in [0.717, 1.165) is 30.7 Å². The minimum absolute atomic E-state index is 0.107. The summed E-state index contributed by atoms with van der Waals surface area (Å²) in [4.78, 5) is 12.1. The van der Waals surface area contributed by atoms with Crippen LogP contribution >= 0.6 is 0 Å². The van der Waals surface area contributed by atoms with E-state index in [1.54, 1.807) is 17.8 Å². The molecule has 1 fully saturated rings. The Hall–Kier alpha value is -2.18. The predicted molar refractivity (Wildman–Crippen MR) is 89.8 cm³/mol. The van der Waals surface area contributed by atoms with Crippen molar-refractivity contribution in [1.82, 2.24) is 15.1 Å². The van der Waals surface area contributed by atoms with Gasteiger partial charge in [-0.05, 0) is 43.5 Å². The number of hydrogen-bond donors (Lipinski definition) is 1. The molecule has 0 spiro atoms. The number of nitrogens with zero attached hydrogens (tertiary/aromatic N) is 2. The van der Waals surface area contributed by atoms with Crippen LogP contribution in [0.2, 0.25) is 0 Å². The van der Waals surface area contributed by atoms with Gasteiger partial charge in [0.05, 0.1) is 18.4 Å². The quantitative estimate of drug-likeness (QED) is 0.844. The lowest BCUT2D eigenvalue weighted by molar-refractivity contribution is -0.133. The van der Waals surface area contributed by atoms with E-state index in [-0.39, 0.29) is 12.0 Å². The molecule has 6 nitrogen and oxygen atoms in total. The van der Waals surface area contributed by atoms with Crippen LogP contribution in [0, 0.1) is 0 Å². The van der Waals surface area contributed by atoms with E-state index < -0.39 is 6.10 Å². The molecule has 0 bridgehead atoms. The number of carbonyl (C=O) groups excluding carboxylic acids is 1. The Morgan fingerprint density at radius 3 is 2.96 bits per heavy atom. The number of ether oxygens (including phenoxy) is 2. The van der Waals surface area contributed by atoms with E-state index in [1.165, 1.54) is 0 Å². The molecule has 24 heavy (non-hydrogen) atoms. The predicted octanol–water partition coefficient (Wildman–Crippen LogP) is 2.07. The molecule has 1 aromatic heterocycles. The summed E-state index contributed by atoms with van der Waals surface area (Å²) >= 11 is 0. The van der Waals surface area contributed by atoms with Crippen LogP contribution in [0.3, 0.4) is 0 Å². The van der Waals surface area contributed by atoms with E-state index in [0.29, 0.717) is 13.2 Å². The lowest BCUT2D eigenvalue weighted by atomic mass is 10.2. The van der Waals surface area contributed by atoms with Crippen molar-refractivity contribution >= 4 is 5.91 Å². The second-order valence-corrected chi connectivity index (χ2v) is 5.95. The molecule has 0 unspecified atom stereocenters. The molecule has 2 atom stereocenters. The number of benzene rings is 1. The highest BCUT2D eigenvalue weighted by molar-refractivity contribution is 5.80. The minimum Gasteiger partial charge on any atom is -0.376 e. The first-order valence-electron chi connectivity index (χ1n) is 8.32. The lowest BCUT2D eigenvalue weighted by Gasteiger charge is -2.16. The highest BCUT2D eigenvalue weighted by atomic mass is 16.5. The summed E-state index contributed by atoms with van der Waals surface area (Å²) in [5.74, 6) is -0.107. The molecule has 2 heterocycles. The molecule has 1 saturated heterocycles. The van der Waals surface area contributed by atoms with Crippen LogP contribution in [0.1, 0.15) is 25.3 Å². The Morgan fingerprint density at radius 1 is 1.46 bits per heavy atom. The third-order valence-corrected chi connectivity index (χ3v) is 4.10. The van der Waals surface area contributed by atoms with Crippen LogP contribution < -0.4 is 5.32 Å². The molecular formula is C18H23N3O3. The molecule has 128 valence electrons. The van der Waals surface area contributed by atoms with Gasteiger partial charge in [0.1, 0.15) is 6.10 Å².